The van der Waals surface area contributed by atoms with Crippen molar-refractivity contribution >= 4 is 74.7 Å². The number of rotatable bonds is 14. The third-order valence-electron chi connectivity index (χ3n) is 14.6. The molecule has 6 heterocycles. The number of amides is 1. The average molecular weight is 1160 g/mol. The van der Waals surface area contributed by atoms with E-state index in [2.05, 4.69) is 53.0 Å². The molecule has 2 saturated carbocycles. The van der Waals surface area contributed by atoms with Crippen molar-refractivity contribution in [2.24, 2.45) is 27.2 Å². The fourth-order valence-electron chi connectivity index (χ4n) is 10.3. The standard InChI is InChI=1S/C33H39ClFN7O3.C27H29ClFN7O/c1-6-19-16-37-29(44-5)15-24(19)20-13-28-30(39-22-8-10-23(11-9-22)40-32(43)45-33(2,3)4)25(17-38-42(28)18-20)31(36)41-27-14-21(35)7-12-26(27)34;1-2-15-12-32-25(37)11-20(15)16-9-24-26(34-19-6-4-18(30)5-7-19)21(13-33-36(24)14-16)27(31)35-23-10-17(29)3-8-22(23)28/h7,12-18,22-23,39H,6,8-11H2,1-5H3,(H2,36,41)(H,40,43);3,8-14,18-19,34H,2,4-7,30H2,1H3,(H2,31,35)(H,32,37). The molecule has 0 radical (unpaired) electrons. The van der Waals surface area contributed by atoms with Crippen molar-refractivity contribution in [1.29, 1.82) is 0 Å². The van der Waals surface area contributed by atoms with Gasteiger partial charge in [-0.3, -0.25) is 4.79 Å². The summed E-state index contributed by atoms with van der Waals surface area (Å²) in [6.45, 7) is 9.66. The van der Waals surface area contributed by atoms with Crippen LogP contribution in [0.4, 0.5) is 36.3 Å². The lowest BCUT2D eigenvalue weighted by Gasteiger charge is -2.31. The van der Waals surface area contributed by atoms with Gasteiger partial charge in [0.15, 0.2) is 0 Å². The molecule has 6 aromatic heterocycles. The van der Waals surface area contributed by atoms with Gasteiger partial charge in [0.25, 0.3) is 0 Å². The molecule has 0 spiro atoms. The Morgan fingerprint density at radius 2 is 1.21 bits per heavy atom. The minimum absolute atomic E-state index is 0.0191. The lowest BCUT2D eigenvalue weighted by atomic mass is 9.91. The second-order valence-corrected chi connectivity index (χ2v) is 22.4. The number of aromatic amines is 1. The van der Waals surface area contributed by atoms with Crippen LogP contribution in [0, 0.1) is 11.6 Å². The van der Waals surface area contributed by atoms with Crippen LogP contribution in [0.5, 0.6) is 5.88 Å². The number of nitrogens with zero attached hydrogens (tertiary/aromatic N) is 7. The Morgan fingerprint density at radius 3 is 1.70 bits per heavy atom. The lowest BCUT2D eigenvalue weighted by Crippen LogP contribution is -2.42. The number of ether oxygens (including phenoxy) is 2. The summed E-state index contributed by atoms with van der Waals surface area (Å²) < 4.78 is 42.3. The quantitative estimate of drug-likeness (QED) is 0.0396. The number of fused-ring (bicyclic) bond motifs is 2. The molecule has 82 heavy (non-hydrogen) atoms. The highest BCUT2D eigenvalue weighted by Crippen LogP contribution is 2.37. The highest BCUT2D eigenvalue weighted by atomic mass is 35.5. The number of benzene rings is 2. The maximum Gasteiger partial charge on any atom is 0.407 e. The SMILES string of the molecule is CCc1c[nH]c(=O)cc1-c1cc2c(NC3CCC(N)CC3)c(C(N)=Nc3cc(F)ccc3Cl)cnn2c1.CCc1cnc(OC)cc1-c1cc2c(NC3CCC(NC(=O)OC(C)(C)C)CC3)c(C(N)=Nc3cc(F)ccc3Cl)cnn2c1. The highest BCUT2D eigenvalue weighted by Gasteiger charge is 2.28. The molecule has 0 unspecified atom stereocenters. The van der Waals surface area contributed by atoms with Gasteiger partial charge in [-0.05, 0) is 144 Å². The van der Waals surface area contributed by atoms with Gasteiger partial charge in [0, 0.05) is 84.3 Å². The van der Waals surface area contributed by atoms with E-state index in [-0.39, 0.29) is 57.8 Å². The number of amidine groups is 2. The topological polar surface area (TPSA) is 255 Å². The molecule has 10 rings (SSSR count). The summed E-state index contributed by atoms with van der Waals surface area (Å²) in [6.07, 6.45) is 18.7. The molecule has 8 aromatic rings. The average Bonchev–Trinajstić information content (AvgIpc) is 4.31. The third kappa shape index (κ3) is 14.0. The van der Waals surface area contributed by atoms with Crippen molar-refractivity contribution < 1.29 is 23.0 Å². The molecule has 0 atom stereocenters. The predicted molar refractivity (Wildman–Crippen MR) is 321 cm³/mol. The zero-order chi connectivity index (χ0) is 58.4. The molecule has 2 aliphatic carbocycles. The van der Waals surface area contributed by atoms with Gasteiger partial charge in [-0.15, -0.1) is 0 Å². The fraction of sp³-hybridized carbons (Fsp3) is 0.350. The molecule has 0 saturated heterocycles. The Hall–Kier alpha value is -8.07. The van der Waals surface area contributed by atoms with Crippen molar-refractivity contribution in [3.05, 3.63) is 152 Å². The summed E-state index contributed by atoms with van der Waals surface area (Å²) in [7, 11) is 1.59. The first-order valence-corrected chi connectivity index (χ1v) is 28.2. The monoisotopic (exact) mass is 1160 g/mol. The van der Waals surface area contributed by atoms with Crippen LogP contribution in [-0.2, 0) is 17.6 Å². The van der Waals surface area contributed by atoms with Crippen LogP contribution in [-0.4, -0.2) is 83.8 Å². The lowest BCUT2D eigenvalue weighted by molar-refractivity contribution is 0.0492. The molecule has 18 nitrogen and oxygen atoms in total. The van der Waals surface area contributed by atoms with Crippen molar-refractivity contribution in [3.63, 3.8) is 0 Å². The number of hydrogen-bond acceptors (Lipinski definition) is 12. The maximum atomic E-state index is 14.0. The Kier molecular flexibility index (Phi) is 18.1. The molecule has 0 aliphatic heterocycles. The second-order valence-electron chi connectivity index (χ2n) is 21.6. The number of aliphatic imine (C=N–C) groups is 2. The molecular weight excluding hydrogens is 1090 g/mol. The number of nitrogens with two attached hydrogens (primary N) is 3. The summed E-state index contributed by atoms with van der Waals surface area (Å²) in [6, 6.07) is 16.0. The maximum absolute atomic E-state index is 14.0. The van der Waals surface area contributed by atoms with Crippen molar-refractivity contribution in [2.75, 3.05) is 17.7 Å². The van der Waals surface area contributed by atoms with Crippen LogP contribution in [0.25, 0.3) is 33.3 Å². The van der Waals surface area contributed by atoms with Crippen LogP contribution in [0.3, 0.4) is 0 Å². The van der Waals surface area contributed by atoms with Crippen molar-refractivity contribution in [3.8, 4) is 28.1 Å². The van der Waals surface area contributed by atoms with Gasteiger partial charge in [-0.25, -0.2) is 37.6 Å². The Balaban J connectivity index is 0.000000201. The fourth-order valence-corrected chi connectivity index (χ4v) is 10.7. The van der Waals surface area contributed by atoms with E-state index in [4.69, 9.17) is 49.9 Å². The largest absolute Gasteiger partial charge is 0.481 e. The zero-order valence-electron chi connectivity index (χ0n) is 46.6. The summed E-state index contributed by atoms with van der Waals surface area (Å²) in [4.78, 5) is 40.5. The highest BCUT2D eigenvalue weighted by molar-refractivity contribution is 6.33. The zero-order valence-corrected chi connectivity index (χ0v) is 48.1. The Morgan fingerprint density at radius 1 is 0.720 bits per heavy atom. The first-order valence-electron chi connectivity index (χ1n) is 27.4. The number of methoxy groups -OCH3 is 1. The molecule has 10 N–H and O–H groups in total. The van der Waals surface area contributed by atoms with Crippen LogP contribution >= 0.6 is 23.2 Å². The number of carbonyl (C=O) groups is 1. The van der Waals surface area contributed by atoms with E-state index in [1.54, 1.807) is 40.8 Å². The van der Waals surface area contributed by atoms with E-state index in [0.29, 0.717) is 22.0 Å². The summed E-state index contributed by atoms with van der Waals surface area (Å²) in [5, 5.41) is 20.2. The van der Waals surface area contributed by atoms with Crippen molar-refractivity contribution in [1.82, 2.24) is 34.5 Å². The summed E-state index contributed by atoms with van der Waals surface area (Å²) >= 11 is 12.5. The molecule has 0 bridgehead atoms. The molecule has 2 aliphatic rings. The molecular formula is C60H68Cl2F2N14O4. The first kappa shape index (κ1) is 58.6. The number of aryl methyl sites for hydroxylation is 2. The van der Waals surface area contributed by atoms with E-state index < -0.39 is 23.3 Å². The van der Waals surface area contributed by atoms with Crippen LogP contribution < -0.4 is 43.4 Å². The van der Waals surface area contributed by atoms with E-state index in [9.17, 15) is 18.4 Å². The number of aromatic nitrogens is 6. The van der Waals surface area contributed by atoms with Gasteiger partial charge < -0.3 is 47.6 Å². The number of hydrogen-bond donors (Lipinski definition) is 7. The molecule has 2 aromatic carbocycles. The summed E-state index contributed by atoms with van der Waals surface area (Å²) in [5.74, 6) is -0.106. The Bertz CT molecular complexity index is 3750. The van der Waals surface area contributed by atoms with E-state index in [1.807, 2.05) is 64.5 Å². The van der Waals surface area contributed by atoms with Gasteiger partial charge in [-0.2, -0.15) is 10.2 Å². The van der Waals surface area contributed by atoms with Crippen LogP contribution in [0.1, 0.15) is 108 Å². The number of halogens is 4. The van der Waals surface area contributed by atoms with E-state index >= 15 is 0 Å². The minimum Gasteiger partial charge on any atom is -0.481 e. The molecule has 22 heteroatoms. The van der Waals surface area contributed by atoms with Crippen LogP contribution in [0.15, 0.2) is 113 Å². The van der Waals surface area contributed by atoms with Gasteiger partial charge in [0.05, 0.1) is 74.5 Å². The van der Waals surface area contributed by atoms with Crippen LogP contribution in [0.2, 0.25) is 10.0 Å². The van der Waals surface area contributed by atoms with Crippen molar-refractivity contribution in [2.45, 2.75) is 129 Å². The number of nitrogens with one attached hydrogen (secondary N) is 4. The number of pyridine rings is 2. The number of H-pyrrole nitrogens is 1. The number of anilines is 2. The molecule has 2 fully saturated rings. The summed E-state index contributed by atoms with van der Waals surface area (Å²) in [5.41, 5.74) is 28.8. The third-order valence-corrected chi connectivity index (χ3v) is 15.2. The Labute approximate surface area is 483 Å². The van der Waals surface area contributed by atoms with Gasteiger partial charge in [-0.1, -0.05) is 37.0 Å². The molecule has 1 amide bonds. The minimum atomic E-state index is -0.557. The first-order chi connectivity index (χ1) is 39.3. The predicted octanol–water partition coefficient (Wildman–Crippen LogP) is 11.8. The second kappa shape index (κ2) is 25.4. The van der Waals surface area contributed by atoms with E-state index in [0.717, 1.165) is 120 Å². The van der Waals surface area contributed by atoms with Gasteiger partial charge in [0.1, 0.15) is 28.9 Å². The number of alkyl carbamates (subject to hydrolysis) is 1. The van der Waals surface area contributed by atoms with Gasteiger partial charge >= 0.3 is 6.09 Å². The van der Waals surface area contributed by atoms with E-state index in [1.165, 1.54) is 36.4 Å². The molecule has 430 valence electrons. The smallest absolute Gasteiger partial charge is 0.407 e. The number of carbonyl (C=O) groups excluding carboxylic acids is 1. The van der Waals surface area contributed by atoms with Gasteiger partial charge in [0.2, 0.25) is 11.4 Å². The normalized spacial score (nSPS) is 17.7.